The molecule has 25 heavy (non-hydrogen) atoms. The number of carbonyl (C=O) groups excluding carboxylic acids is 1. The van der Waals surface area contributed by atoms with Crippen LogP contribution < -0.4 is 16.8 Å². The van der Waals surface area contributed by atoms with Gasteiger partial charge in [-0.05, 0) is 38.8 Å². The predicted octanol–water partition coefficient (Wildman–Crippen LogP) is 2.64. The molecule has 1 amide bonds. The van der Waals surface area contributed by atoms with Gasteiger partial charge in [0.25, 0.3) is 0 Å². The summed E-state index contributed by atoms with van der Waals surface area (Å²) >= 11 is 6.12. The number of anilines is 2. The Morgan fingerprint density at radius 1 is 1.40 bits per heavy atom. The Labute approximate surface area is 153 Å². The van der Waals surface area contributed by atoms with E-state index in [0.717, 1.165) is 5.56 Å². The minimum Gasteiger partial charge on any atom is -0.444 e. The summed E-state index contributed by atoms with van der Waals surface area (Å²) in [4.78, 5) is 16.0. The van der Waals surface area contributed by atoms with Crippen molar-refractivity contribution in [3.05, 3.63) is 22.2 Å². The van der Waals surface area contributed by atoms with Crippen LogP contribution in [0.4, 0.5) is 16.2 Å². The first-order valence-electron chi connectivity index (χ1n) is 7.97. The number of hydrogen-bond donors (Lipinski definition) is 3. The van der Waals surface area contributed by atoms with Gasteiger partial charge in [0.05, 0.1) is 23.9 Å². The number of amides is 1. The Balaban J connectivity index is 2.86. The van der Waals surface area contributed by atoms with Crippen molar-refractivity contribution in [3.63, 3.8) is 0 Å². The lowest BCUT2D eigenvalue weighted by molar-refractivity contribution is 0.0528. The van der Waals surface area contributed by atoms with E-state index in [1.54, 1.807) is 40.2 Å². The first kappa shape index (κ1) is 21.1. The number of aliphatic imine (C=N–C) groups is 1. The molecule has 0 aliphatic rings. The van der Waals surface area contributed by atoms with Crippen LogP contribution in [0.25, 0.3) is 0 Å². The molecule has 0 spiro atoms. The Kier molecular flexibility index (Phi) is 7.99. The van der Waals surface area contributed by atoms with Gasteiger partial charge in [0, 0.05) is 31.1 Å². The molecule has 7 nitrogen and oxygen atoms in total. The number of methoxy groups -OCH3 is 1. The van der Waals surface area contributed by atoms with Gasteiger partial charge < -0.3 is 26.3 Å². The van der Waals surface area contributed by atoms with Gasteiger partial charge in [-0.3, -0.25) is 4.99 Å². The third-order valence-electron chi connectivity index (χ3n) is 3.19. The van der Waals surface area contributed by atoms with E-state index in [1.807, 2.05) is 0 Å². The first-order chi connectivity index (χ1) is 11.7. The fourth-order valence-corrected chi connectivity index (χ4v) is 2.31. The van der Waals surface area contributed by atoms with Crippen LogP contribution in [0.5, 0.6) is 0 Å². The van der Waals surface area contributed by atoms with Gasteiger partial charge in [-0.15, -0.1) is 0 Å². The summed E-state index contributed by atoms with van der Waals surface area (Å²) < 4.78 is 10.2. The molecule has 140 valence electrons. The van der Waals surface area contributed by atoms with Crippen LogP contribution >= 0.6 is 11.6 Å². The summed E-state index contributed by atoms with van der Waals surface area (Å²) in [6.07, 6.45) is 1.61. The van der Waals surface area contributed by atoms with Crippen LogP contribution in [0.3, 0.4) is 0 Å². The second-order valence-electron chi connectivity index (χ2n) is 6.46. The van der Waals surface area contributed by atoms with Crippen LogP contribution in [0.15, 0.2) is 11.1 Å². The molecule has 0 radical (unpaired) electrons. The molecule has 0 saturated carbocycles. The topological polar surface area (TPSA) is 112 Å². The number of nitrogens with zero attached hydrogens (tertiary/aromatic N) is 1. The van der Waals surface area contributed by atoms with Gasteiger partial charge in [0.1, 0.15) is 5.60 Å². The minimum atomic E-state index is -0.553. The molecule has 0 aliphatic carbocycles. The smallest absolute Gasteiger partial charge is 0.407 e. The van der Waals surface area contributed by atoms with Crippen LogP contribution in [0.2, 0.25) is 5.02 Å². The largest absolute Gasteiger partial charge is 0.444 e. The quantitative estimate of drug-likeness (QED) is 0.388. The maximum Gasteiger partial charge on any atom is 0.407 e. The van der Waals surface area contributed by atoms with Crippen molar-refractivity contribution in [2.24, 2.45) is 4.99 Å². The number of halogens is 1. The van der Waals surface area contributed by atoms with Crippen LogP contribution in [0, 0.1) is 0 Å². The normalized spacial score (nSPS) is 11.7. The fourth-order valence-electron chi connectivity index (χ4n) is 2.08. The molecule has 8 heteroatoms. The molecule has 0 unspecified atom stereocenters. The Hall–Kier alpha value is -1.99. The molecule has 0 saturated heterocycles. The summed E-state index contributed by atoms with van der Waals surface area (Å²) in [5, 5.41) is 3.07. The number of ether oxygens (including phenoxy) is 2. The van der Waals surface area contributed by atoms with Gasteiger partial charge in [-0.25, -0.2) is 4.79 Å². The third-order valence-corrected chi connectivity index (χ3v) is 3.50. The number of alkyl carbamates (subject to hydrolysis) is 1. The highest BCUT2D eigenvalue weighted by Gasteiger charge is 2.17. The van der Waals surface area contributed by atoms with Crippen molar-refractivity contribution < 1.29 is 14.3 Å². The second-order valence-corrected chi connectivity index (χ2v) is 6.87. The van der Waals surface area contributed by atoms with E-state index in [-0.39, 0.29) is 0 Å². The van der Waals surface area contributed by atoms with Crippen LogP contribution in [0.1, 0.15) is 31.9 Å². The van der Waals surface area contributed by atoms with Gasteiger partial charge in [-0.1, -0.05) is 11.6 Å². The lowest BCUT2D eigenvalue weighted by Crippen LogP contribution is -2.33. The number of nitrogens with two attached hydrogens (primary N) is 2. The molecule has 0 fully saturated rings. The minimum absolute atomic E-state index is 0.331. The maximum absolute atomic E-state index is 11.7. The monoisotopic (exact) mass is 370 g/mol. The van der Waals surface area contributed by atoms with Gasteiger partial charge >= 0.3 is 6.09 Å². The molecule has 0 bridgehead atoms. The average molecular weight is 371 g/mol. The van der Waals surface area contributed by atoms with Gasteiger partial charge in [0.15, 0.2) is 0 Å². The van der Waals surface area contributed by atoms with Gasteiger partial charge in [0.2, 0.25) is 0 Å². The van der Waals surface area contributed by atoms with E-state index in [1.165, 1.54) is 0 Å². The van der Waals surface area contributed by atoms with Gasteiger partial charge in [-0.2, -0.15) is 0 Å². The second kappa shape index (κ2) is 9.48. The molecular formula is C17H27ClN4O3. The predicted molar refractivity (Wildman–Crippen MR) is 103 cm³/mol. The number of nitrogens with one attached hydrogen (secondary N) is 1. The van der Waals surface area contributed by atoms with E-state index in [2.05, 4.69) is 10.3 Å². The Bertz CT molecular complexity index is 627. The van der Waals surface area contributed by atoms with Crippen molar-refractivity contribution in [2.45, 2.75) is 32.8 Å². The highest BCUT2D eigenvalue weighted by atomic mass is 35.5. The average Bonchev–Trinajstić information content (AvgIpc) is 2.48. The molecule has 1 aromatic carbocycles. The van der Waals surface area contributed by atoms with E-state index < -0.39 is 11.7 Å². The maximum atomic E-state index is 11.7. The molecule has 0 aromatic heterocycles. The molecule has 0 atom stereocenters. The number of benzene rings is 1. The van der Waals surface area contributed by atoms with Crippen LogP contribution in [-0.4, -0.2) is 44.7 Å². The highest BCUT2D eigenvalue weighted by Crippen LogP contribution is 2.30. The molecule has 1 rings (SSSR count). The lowest BCUT2D eigenvalue weighted by Gasteiger charge is -2.20. The zero-order valence-electron chi connectivity index (χ0n) is 15.2. The summed E-state index contributed by atoms with van der Waals surface area (Å²) in [5.74, 6) is 0. The summed E-state index contributed by atoms with van der Waals surface area (Å²) in [6, 6.07) is 1.60. The van der Waals surface area contributed by atoms with E-state index in [9.17, 15) is 4.79 Å². The van der Waals surface area contributed by atoms with E-state index >= 15 is 0 Å². The number of nitrogen functional groups attached to an aromatic ring is 2. The van der Waals surface area contributed by atoms with Crippen molar-refractivity contribution in [1.82, 2.24) is 5.32 Å². The summed E-state index contributed by atoms with van der Waals surface area (Å²) in [6.45, 7) is 6.76. The molecular weight excluding hydrogens is 344 g/mol. The number of carbonyl (C=O) groups is 1. The van der Waals surface area contributed by atoms with Crippen molar-refractivity contribution >= 4 is 35.3 Å². The molecule has 0 heterocycles. The Morgan fingerprint density at radius 2 is 2.08 bits per heavy atom. The number of hydrogen-bond acceptors (Lipinski definition) is 6. The van der Waals surface area contributed by atoms with Crippen molar-refractivity contribution in [3.8, 4) is 0 Å². The zero-order chi connectivity index (χ0) is 19.0. The highest BCUT2D eigenvalue weighted by molar-refractivity contribution is 6.33. The molecule has 0 aliphatic heterocycles. The Morgan fingerprint density at radius 3 is 2.68 bits per heavy atom. The summed E-state index contributed by atoms with van der Waals surface area (Å²) in [5.41, 5.74) is 13.9. The zero-order valence-corrected chi connectivity index (χ0v) is 15.9. The molecule has 1 aromatic rings. The first-order valence-corrected chi connectivity index (χ1v) is 8.35. The number of rotatable bonds is 7. The van der Waals surface area contributed by atoms with Crippen molar-refractivity contribution in [1.29, 1.82) is 0 Å². The molecule has 5 N–H and O–H groups in total. The van der Waals surface area contributed by atoms with Crippen molar-refractivity contribution in [2.75, 3.05) is 38.3 Å². The lowest BCUT2D eigenvalue weighted by atomic mass is 10.0. The van der Waals surface area contributed by atoms with E-state index in [0.29, 0.717) is 48.1 Å². The standard InChI is InChI=1S/C17H27ClN4O3/c1-17(2,3)25-16(23)22-6-5-11-12(10-21-7-8-24-4)14(19)9-13(18)15(11)20/h9-10H,5-8,19-20H2,1-4H3,(H,22,23). The van der Waals surface area contributed by atoms with E-state index in [4.69, 9.17) is 32.5 Å². The SMILES string of the molecule is COCCN=Cc1c(N)cc(Cl)c(N)c1CCNC(=O)OC(C)(C)C. The van der Waals surface area contributed by atoms with Crippen LogP contribution in [-0.2, 0) is 15.9 Å². The fraction of sp³-hybridized carbons (Fsp3) is 0.529. The summed E-state index contributed by atoms with van der Waals surface area (Å²) in [7, 11) is 1.61. The third kappa shape index (κ3) is 7.19.